The van der Waals surface area contributed by atoms with Crippen molar-refractivity contribution in [1.29, 1.82) is 0 Å². The van der Waals surface area contributed by atoms with Gasteiger partial charge < -0.3 is 22.9 Å². The van der Waals surface area contributed by atoms with Crippen molar-refractivity contribution < 1.29 is 0 Å². The summed E-state index contributed by atoms with van der Waals surface area (Å²) in [6.07, 6.45) is 7.59. The molecule has 4 nitrogen and oxygen atoms in total. The molecule has 0 aromatic rings. The van der Waals surface area contributed by atoms with Gasteiger partial charge in [0.1, 0.15) is 0 Å². The maximum Gasteiger partial charge on any atom is 0.0340 e. The van der Waals surface area contributed by atoms with Crippen molar-refractivity contribution in [2.45, 2.75) is 31.2 Å². The first-order chi connectivity index (χ1) is 6.68. The van der Waals surface area contributed by atoms with Crippen LogP contribution in [0.4, 0.5) is 0 Å². The van der Waals surface area contributed by atoms with E-state index < -0.39 is 0 Å². The maximum atomic E-state index is 6.20. The molecule has 0 aliphatic rings. The molecule has 0 aromatic carbocycles. The first kappa shape index (κ1) is 13.6. The number of rotatable bonds is 8. The summed E-state index contributed by atoms with van der Waals surface area (Å²) >= 11 is 0. The molecule has 14 heavy (non-hydrogen) atoms. The van der Waals surface area contributed by atoms with Gasteiger partial charge in [-0.3, -0.25) is 0 Å². The van der Waals surface area contributed by atoms with Gasteiger partial charge in [-0.05, 0) is 38.8 Å². The molecule has 0 unspecified atom stereocenters. The first-order valence-corrected chi connectivity index (χ1v) is 5.25. The van der Waals surface area contributed by atoms with Crippen LogP contribution in [0.2, 0.25) is 0 Å². The molecule has 0 heterocycles. The van der Waals surface area contributed by atoms with E-state index in [1.54, 1.807) is 0 Å². The van der Waals surface area contributed by atoms with E-state index in [-0.39, 0.29) is 5.54 Å². The van der Waals surface area contributed by atoms with Crippen LogP contribution in [0.3, 0.4) is 0 Å². The van der Waals surface area contributed by atoms with Gasteiger partial charge in [0.25, 0.3) is 0 Å². The van der Waals surface area contributed by atoms with E-state index in [9.17, 15) is 0 Å². The van der Waals surface area contributed by atoms with E-state index in [2.05, 4.69) is 0 Å². The van der Waals surface area contributed by atoms with Gasteiger partial charge in [-0.25, -0.2) is 0 Å². The van der Waals surface area contributed by atoms with E-state index in [0.717, 1.165) is 25.7 Å². The third-order valence-electron chi connectivity index (χ3n) is 2.28. The first-order valence-electron chi connectivity index (χ1n) is 5.25. The fraction of sp³-hybridized carbons (Fsp3) is 0.800. The quantitative estimate of drug-likeness (QED) is 0.403. The Bertz CT molecular complexity index is 148. The van der Waals surface area contributed by atoms with Crippen molar-refractivity contribution in [1.82, 2.24) is 0 Å². The monoisotopic (exact) mass is 200 g/mol. The van der Waals surface area contributed by atoms with Crippen molar-refractivity contribution in [2.24, 2.45) is 22.9 Å². The molecule has 0 spiro atoms. The second kappa shape index (κ2) is 7.94. The molecule has 0 amide bonds. The van der Waals surface area contributed by atoms with Crippen LogP contribution in [0.15, 0.2) is 12.2 Å². The van der Waals surface area contributed by atoms with Crippen LogP contribution in [-0.4, -0.2) is 25.2 Å². The molecule has 8 N–H and O–H groups in total. The molecule has 0 fully saturated rings. The maximum absolute atomic E-state index is 6.20. The lowest BCUT2D eigenvalue weighted by atomic mass is 9.89. The van der Waals surface area contributed by atoms with Crippen LogP contribution in [0, 0.1) is 0 Å². The van der Waals surface area contributed by atoms with Crippen LogP contribution in [-0.2, 0) is 0 Å². The fourth-order valence-corrected chi connectivity index (χ4v) is 1.46. The van der Waals surface area contributed by atoms with E-state index in [4.69, 9.17) is 22.9 Å². The van der Waals surface area contributed by atoms with Crippen molar-refractivity contribution >= 4 is 0 Å². The average Bonchev–Trinajstić information content (AvgIpc) is 2.21. The van der Waals surface area contributed by atoms with Crippen molar-refractivity contribution in [2.75, 3.05) is 19.6 Å². The summed E-state index contributed by atoms with van der Waals surface area (Å²) in [5.74, 6) is 0. The molecule has 0 aliphatic carbocycles. The lowest BCUT2D eigenvalue weighted by Gasteiger charge is -2.25. The number of hydrogen-bond acceptors (Lipinski definition) is 4. The van der Waals surface area contributed by atoms with Crippen molar-refractivity contribution in [3.63, 3.8) is 0 Å². The summed E-state index contributed by atoms with van der Waals surface area (Å²) < 4.78 is 0. The van der Waals surface area contributed by atoms with E-state index in [1.165, 1.54) is 0 Å². The molecule has 0 saturated carbocycles. The highest BCUT2D eigenvalue weighted by molar-refractivity contribution is 5.05. The van der Waals surface area contributed by atoms with Gasteiger partial charge in [-0.1, -0.05) is 12.2 Å². The zero-order valence-corrected chi connectivity index (χ0v) is 8.91. The highest BCUT2D eigenvalue weighted by Crippen LogP contribution is 2.17. The Morgan fingerprint density at radius 2 is 1.43 bits per heavy atom. The highest BCUT2D eigenvalue weighted by atomic mass is 14.7. The smallest absolute Gasteiger partial charge is 0.0340 e. The highest BCUT2D eigenvalue weighted by Gasteiger charge is 2.19. The number of hydrogen-bond donors (Lipinski definition) is 4. The molecule has 84 valence electrons. The Morgan fingerprint density at radius 3 is 1.79 bits per heavy atom. The lowest BCUT2D eigenvalue weighted by molar-refractivity contribution is 0.428. The molecular weight excluding hydrogens is 176 g/mol. The second-order valence-corrected chi connectivity index (χ2v) is 3.66. The largest absolute Gasteiger partial charge is 0.330 e. The second-order valence-electron chi connectivity index (χ2n) is 3.66. The van der Waals surface area contributed by atoms with Gasteiger partial charge in [0.15, 0.2) is 0 Å². The number of nitrogens with two attached hydrogens (primary N) is 4. The lowest BCUT2D eigenvalue weighted by Crippen LogP contribution is -2.38. The van der Waals surface area contributed by atoms with Crippen LogP contribution >= 0.6 is 0 Å². The molecule has 0 saturated heterocycles. The predicted molar refractivity (Wildman–Crippen MR) is 61.7 cm³/mol. The van der Waals surface area contributed by atoms with Gasteiger partial charge in [0.2, 0.25) is 0 Å². The molecule has 0 radical (unpaired) electrons. The minimum atomic E-state index is -0.266. The Hall–Kier alpha value is -0.420. The van der Waals surface area contributed by atoms with E-state index >= 15 is 0 Å². The summed E-state index contributed by atoms with van der Waals surface area (Å²) in [5, 5.41) is 0. The van der Waals surface area contributed by atoms with Gasteiger partial charge in [-0.2, -0.15) is 0 Å². The Labute approximate surface area is 86.7 Å². The van der Waals surface area contributed by atoms with Crippen LogP contribution in [0.1, 0.15) is 25.7 Å². The summed E-state index contributed by atoms with van der Waals surface area (Å²) in [6, 6.07) is 0. The average molecular weight is 200 g/mol. The SMILES string of the molecule is NC/C=C/C(N)(CCCN)CCCN. The molecule has 4 heteroatoms. The molecule has 0 bridgehead atoms. The Morgan fingerprint density at radius 1 is 0.929 bits per heavy atom. The normalized spacial score (nSPS) is 12.6. The van der Waals surface area contributed by atoms with Crippen LogP contribution < -0.4 is 22.9 Å². The molecule has 0 rings (SSSR count). The Kier molecular flexibility index (Phi) is 7.70. The minimum absolute atomic E-state index is 0.266. The van der Waals surface area contributed by atoms with Crippen LogP contribution in [0.5, 0.6) is 0 Å². The standard InChI is InChI=1S/C10H24N4/c11-7-1-4-10(14,5-2-8-12)6-3-9-13/h1,4H,2-3,5-9,11-14H2/b4-1+. The summed E-state index contributed by atoms with van der Waals surface area (Å²) in [6.45, 7) is 1.89. The predicted octanol–water partition coefficient (Wildman–Crippen LogP) is -0.323. The van der Waals surface area contributed by atoms with Crippen LogP contribution in [0.25, 0.3) is 0 Å². The fourth-order valence-electron chi connectivity index (χ4n) is 1.46. The van der Waals surface area contributed by atoms with E-state index in [0.29, 0.717) is 19.6 Å². The molecule has 0 aliphatic heterocycles. The summed E-state index contributed by atoms with van der Waals surface area (Å²) in [4.78, 5) is 0. The summed E-state index contributed by atoms with van der Waals surface area (Å²) in [7, 11) is 0. The third kappa shape index (κ3) is 6.10. The van der Waals surface area contributed by atoms with Gasteiger partial charge in [-0.15, -0.1) is 0 Å². The van der Waals surface area contributed by atoms with Crippen molar-refractivity contribution in [3.05, 3.63) is 12.2 Å². The molecule has 0 aromatic heterocycles. The van der Waals surface area contributed by atoms with E-state index in [1.807, 2.05) is 12.2 Å². The minimum Gasteiger partial charge on any atom is -0.330 e. The zero-order chi connectivity index (χ0) is 10.9. The third-order valence-corrected chi connectivity index (χ3v) is 2.28. The topological polar surface area (TPSA) is 104 Å². The molecule has 0 atom stereocenters. The van der Waals surface area contributed by atoms with Crippen molar-refractivity contribution in [3.8, 4) is 0 Å². The van der Waals surface area contributed by atoms with Gasteiger partial charge in [0, 0.05) is 12.1 Å². The summed E-state index contributed by atoms with van der Waals surface area (Å²) in [5.41, 5.74) is 22.3. The molecular formula is C10H24N4. The zero-order valence-electron chi connectivity index (χ0n) is 8.91. The Balaban J connectivity index is 4.09. The van der Waals surface area contributed by atoms with Gasteiger partial charge in [0.05, 0.1) is 0 Å². The van der Waals surface area contributed by atoms with Gasteiger partial charge >= 0.3 is 0 Å².